The number of ketones is 1. The van der Waals surface area contributed by atoms with Crippen molar-refractivity contribution in [2.45, 2.75) is 13.3 Å². The third kappa shape index (κ3) is 6.10. The molecule has 1 saturated heterocycles. The normalized spacial score (nSPS) is 13.7. The lowest BCUT2D eigenvalue weighted by molar-refractivity contribution is -0.136. The second-order valence-electron chi connectivity index (χ2n) is 8.17. The van der Waals surface area contributed by atoms with Crippen LogP contribution < -0.4 is 15.5 Å². The molecule has 0 atom stereocenters. The van der Waals surface area contributed by atoms with Gasteiger partial charge in [0.2, 0.25) is 0 Å². The van der Waals surface area contributed by atoms with Gasteiger partial charge in [0, 0.05) is 42.0 Å². The van der Waals surface area contributed by atoms with Crippen molar-refractivity contribution in [3.05, 3.63) is 71.9 Å². The zero-order valence-electron chi connectivity index (χ0n) is 19.6. The fraction of sp³-hybridized carbons (Fsp3) is 0.259. The molecule has 0 aliphatic carbocycles. The number of hydrogen-bond donors (Lipinski definition) is 2. The van der Waals surface area contributed by atoms with Gasteiger partial charge in [-0.15, -0.1) is 0 Å². The molecule has 35 heavy (non-hydrogen) atoms. The second-order valence-corrected chi connectivity index (χ2v) is 8.17. The van der Waals surface area contributed by atoms with Crippen LogP contribution in [0.25, 0.3) is 17.0 Å². The van der Waals surface area contributed by atoms with Crippen LogP contribution in [0.15, 0.2) is 60.7 Å². The molecule has 4 rings (SSSR count). The van der Waals surface area contributed by atoms with Crippen LogP contribution >= 0.6 is 0 Å². The number of pyridine rings is 1. The summed E-state index contributed by atoms with van der Waals surface area (Å²) in [6.45, 7) is 5.31. The van der Waals surface area contributed by atoms with Crippen LogP contribution in [-0.4, -0.2) is 55.4 Å². The third-order valence-corrected chi connectivity index (χ3v) is 5.64. The first-order valence-electron chi connectivity index (χ1n) is 11.7. The van der Waals surface area contributed by atoms with Gasteiger partial charge >= 0.3 is 11.8 Å². The number of nitrogens with one attached hydrogen (secondary N) is 2. The van der Waals surface area contributed by atoms with Crippen LogP contribution in [-0.2, 0) is 14.3 Å². The van der Waals surface area contributed by atoms with Gasteiger partial charge in [0.1, 0.15) is 0 Å². The SMILES string of the molecule is CCCNC(=O)C(=O)Nc1ccc(C(=O)C=Cc2cc(N3CCOCC3)c3ccccc3n2)cc1. The standard InChI is InChI=1S/C27H28N4O4/c1-2-13-28-26(33)27(34)30-20-9-7-19(8-10-20)25(32)12-11-21-18-24(31-14-16-35-17-15-31)22-5-3-4-6-23(22)29-21/h3-12,18H,2,13-17H2,1H3,(H,28,33)(H,30,34). The van der Waals surface area contributed by atoms with E-state index in [2.05, 4.69) is 21.6 Å². The molecular formula is C27H28N4O4. The van der Waals surface area contributed by atoms with Gasteiger partial charge in [0.05, 0.1) is 24.4 Å². The summed E-state index contributed by atoms with van der Waals surface area (Å²) in [6.07, 6.45) is 3.95. The molecule has 2 amide bonds. The van der Waals surface area contributed by atoms with E-state index in [9.17, 15) is 14.4 Å². The quantitative estimate of drug-likeness (QED) is 0.310. The summed E-state index contributed by atoms with van der Waals surface area (Å²) in [5, 5.41) is 6.11. The van der Waals surface area contributed by atoms with Crippen molar-refractivity contribution in [2.75, 3.05) is 43.1 Å². The molecule has 2 aromatic carbocycles. The highest BCUT2D eigenvalue weighted by atomic mass is 16.5. The fourth-order valence-corrected chi connectivity index (χ4v) is 3.81. The van der Waals surface area contributed by atoms with Gasteiger partial charge in [0.15, 0.2) is 5.78 Å². The Bertz CT molecular complexity index is 1250. The molecule has 0 unspecified atom stereocenters. The lowest BCUT2D eigenvalue weighted by Gasteiger charge is -2.30. The number of rotatable bonds is 7. The van der Waals surface area contributed by atoms with Crippen molar-refractivity contribution in [3.63, 3.8) is 0 Å². The topological polar surface area (TPSA) is 101 Å². The van der Waals surface area contributed by atoms with Crippen molar-refractivity contribution in [2.24, 2.45) is 0 Å². The highest BCUT2D eigenvalue weighted by Crippen LogP contribution is 2.28. The number of ether oxygens (including phenoxy) is 1. The summed E-state index contributed by atoms with van der Waals surface area (Å²) in [5.41, 5.74) is 3.54. The summed E-state index contributed by atoms with van der Waals surface area (Å²) in [4.78, 5) is 43.3. The third-order valence-electron chi connectivity index (χ3n) is 5.64. The number of carbonyl (C=O) groups excluding carboxylic acids is 3. The van der Waals surface area contributed by atoms with Gasteiger partial charge in [-0.05, 0) is 55.0 Å². The molecule has 8 heteroatoms. The molecule has 1 aliphatic heterocycles. The zero-order valence-corrected chi connectivity index (χ0v) is 19.6. The summed E-state index contributed by atoms with van der Waals surface area (Å²) in [7, 11) is 0. The van der Waals surface area contributed by atoms with E-state index in [1.807, 2.05) is 31.2 Å². The molecule has 2 N–H and O–H groups in total. The number of fused-ring (bicyclic) bond motifs is 1. The maximum Gasteiger partial charge on any atom is 0.313 e. The number of nitrogens with zero attached hydrogens (tertiary/aromatic N) is 2. The average Bonchev–Trinajstić information content (AvgIpc) is 2.90. The first kappa shape index (κ1) is 24.1. The van der Waals surface area contributed by atoms with Crippen LogP contribution in [0.2, 0.25) is 0 Å². The van der Waals surface area contributed by atoms with Crippen molar-refractivity contribution in [1.82, 2.24) is 10.3 Å². The molecule has 0 radical (unpaired) electrons. The minimum Gasteiger partial charge on any atom is -0.378 e. The van der Waals surface area contributed by atoms with E-state index in [0.717, 1.165) is 36.1 Å². The average molecular weight is 473 g/mol. The highest BCUT2D eigenvalue weighted by molar-refractivity contribution is 6.39. The van der Waals surface area contributed by atoms with E-state index >= 15 is 0 Å². The van der Waals surface area contributed by atoms with Gasteiger partial charge in [-0.2, -0.15) is 0 Å². The minimum atomic E-state index is -0.740. The first-order chi connectivity index (χ1) is 17.0. The number of hydrogen-bond acceptors (Lipinski definition) is 6. The Morgan fingerprint density at radius 2 is 1.77 bits per heavy atom. The molecule has 2 heterocycles. The smallest absolute Gasteiger partial charge is 0.313 e. The van der Waals surface area contributed by atoms with Crippen LogP contribution in [0.5, 0.6) is 0 Å². The first-order valence-corrected chi connectivity index (χ1v) is 11.7. The van der Waals surface area contributed by atoms with Crippen LogP contribution in [0.3, 0.4) is 0 Å². The lowest BCUT2D eigenvalue weighted by atomic mass is 10.1. The Balaban J connectivity index is 1.47. The molecule has 1 aliphatic rings. The number of aromatic nitrogens is 1. The van der Waals surface area contributed by atoms with E-state index in [1.54, 1.807) is 30.3 Å². The summed E-state index contributed by atoms with van der Waals surface area (Å²) in [6, 6.07) is 16.4. The van der Waals surface area contributed by atoms with Gasteiger partial charge in [-0.3, -0.25) is 14.4 Å². The summed E-state index contributed by atoms with van der Waals surface area (Å²) < 4.78 is 5.49. The van der Waals surface area contributed by atoms with Crippen LogP contribution in [0.4, 0.5) is 11.4 Å². The predicted octanol–water partition coefficient (Wildman–Crippen LogP) is 3.43. The number of anilines is 2. The maximum atomic E-state index is 12.7. The molecule has 8 nitrogen and oxygen atoms in total. The van der Waals surface area contributed by atoms with Crippen molar-refractivity contribution in [3.8, 4) is 0 Å². The van der Waals surface area contributed by atoms with Gasteiger partial charge in [-0.1, -0.05) is 25.1 Å². The number of amides is 2. The predicted molar refractivity (Wildman–Crippen MR) is 137 cm³/mol. The van der Waals surface area contributed by atoms with E-state index in [4.69, 9.17) is 9.72 Å². The summed E-state index contributed by atoms with van der Waals surface area (Å²) in [5.74, 6) is -1.61. The Morgan fingerprint density at radius 1 is 1.03 bits per heavy atom. The number of carbonyl (C=O) groups is 3. The van der Waals surface area contributed by atoms with Gasteiger partial charge < -0.3 is 20.3 Å². The molecule has 180 valence electrons. The van der Waals surface area contributed by atoms with Crippen molar-refractivity contribution in [1.29, 1.82) is 0 Å². The second kappa shape index (κ2) is 11.4. The number of para-hydroxylation sites is 1. The van der Waals surface area contributed by atoms with Crippen LogP contribution in [0, 0.1) is 0 Å². The molecule has 0 spiro atoms. The van der Waals surface area contributed by atoms with E-state index in [1.165, 1.54) is 6.08 Å². The molecule has 0 saturated carbocycles. The number of allylic oxidation sites excluding steroid dienone is 1. The van der Waals surface area contributed by atoms with Gasteiger partial charge in [-0.25, -0.2) is 4.98 Å². The van der Waals surface area contributed by atoms with E-state index in [-0.39, 0.29) is 5.78 Å². The molecule has 3 aromatic rings. The van der Waals surface area contributed by atoms with Crippen LogP contribution in [0.1, 0.15) is 29.4 Å². The Morgan fingerprint density at radius 3 is 2.51 bits per heavy atom. The Hall–Kier alpha value is -4.04. The Kier molecular flexibility index (Phi) is 7.84. The zero-order chi connectivity index (χ0) is 24.6. The van der Waals surface area contributed by atoms with E-state index < -0.39 is 11.8 Å². The number of benzene rings is 2. The van der Waals surface area contributed by atoms with Crippen molar-refractivity contribution >= 4 is 46.0 Å². The van der Waals surface area contributed by atoms with Gasteiger partial charge in [0.25, 0.3) is 0 Å². The minimum absolute atomic E-state index is 0.188. The van der Waals surface area contributed by atoms with E-state index in [0.29, 0.717) is 36.7 Å². The van der Waals surface area contributed by atoms with Crippen molar-refractivity contribution < 1.29 is 19.1 Å². The largest absolute Gasteiger partial charge is 0.378 e. The monoisotopic (exact) mass is 472 g/mol. The highest BCUT2D eigenvalue weighted by Gasteiger charge is 2.16. The molecule has 1 aromatic heterocycles. The molecular weight excluding hydrogens is 444 g/mol. The molecule has 1 fully saturated rings. The fourth-order valence-electron chi connectivity index (χ4n) is 3.81. The molecule has 0 bridgehead atoms. The summed E-state index contributed by atoms with van der Waals surface area (Å²) >= 11 is 0. The number of morpholine rings is 1. The maximum absolute atomic E-state index is 12.7. The lowest BCUT2D eigenvalue weighted by Crippen LogP contribution is -2.36. The Labute approximate surface area is 204 Å².